The summed E-state index contributed by atoms with van der Waals surface area (Å²) < 4.78 is 0. The van der Waals surface area contributed by atoms with E-state index in [2.05, 4.69) is 41.4 Å². The molecular formula is C17H28N2. The first-order valence-corrected chi connectivity index (χ1v) is 7.90. The Kier molecular flexibility index (Phi) is 6.38. The summed E-state index contributed by atoms with van der Waals surface area (Å²) in [6, 6.07) is 8.97. The van der Waals surface area contributed by atoms with Gasteiger partial charge in [0.2, 0.25) is 0 Å². The van der Waals surface area contributed by atoms with E-state index in [0.717, 1.165) is 26.1 Å². The first kappa shape index (κ1) is 14.5. The number of benzene rings is 1. The minimum atomic E-state index is 1.10. The smallest absolute Gasteiger partial charge is 0.0236 e. The minimum absolute atomic E-state index is 1.10. The molecule has 1 aliphatic rings. The van der Waals surface area contributed by atoms with Crippen LogP contribution in [0.3, 0.4) is 0 Å². The van der Waals surface area contributed by atoms with Crippen LogP contribution in [0.5, 0.6) is 0 Å². The van der Waals surface area contributed by atoms with Crippen molar-refractivity contribution in [1.82, 2.24) is 10.2 Å². The van der Waals surface area contributed by atoms with Crippen LogP contribution in [0.25, 0.3) is 0 Å². The SMILES string of the molecule is CCCNCCc1ccccc1CN1CCCCC1. The maximum Gasteiger partial charge on any atom is 0.0236 e. The van der Waals surface area contributed by atoms with Crippen LogP contribution < -0.4 is 5.32 Å². The second kappa shape index (κ2) is 8.34. The molecule has 1 heterocycles. The van der Waals surface area contributed by atoms with Gasteiger partial charge in [0.15, 0.2) is 0 Å². The van der Waals surface area contributed by atoms with Gasteiger partial charge in [0.25, 0.3) is 0 Å². The highest BCUT2D eigenvalue weighted by Gasteiger charge is 2.11. The molecule has 1 saturated heterocycles. The van der Waals surface area contributed by atoms with Gasteiger partial charge >= 0.3 is 0 Å². The Hall–Kier alpha value is -0.860. The lowest BCUT2D eigenvalue weighted by molar-refractivity contribution is 0.220. The molecule has 106 valence electrons. The molecule has 0 aliphatic carbocycles. The van der Waals surface area contributed by atoms with Gasteiger partial charge in [0.05, 0.1) is 0 Å². The minimum Gasteiger partial charge on any atom is -0.316 e. The molecule has 1 fully saturated rings. The van der Waals surface area contributed by atoms with Gasteiger partial charge in [0, 0.05) is 6.54 Å². The third kappa shape index (κ3) is 4.96. The van der Waals surface area contributed by atoms with E-state index in [1.165, 1.54) is 49.9 Å². The zero-order valence-electron chi connectivity index (χ0n) is 12.3. The highest BCUT2D eigenvalue weighted by molar-refractivity contribution is 5.27. The molecule has 0 unspecified atom stereocenters. The molecule has 2 nitrogen and oxygen atoms in total. The second-order valence-corrected chi connectivity index (χ2v) is 5.61. The molecule has 1 aromatic rings. The van der Waals surface area contributed by atoms with Crippen LogP contribution in [0.4, 0.5) is 0 Å². The van der Waals surface area contributed by atoms with E-state index < -0.39 is 0 Å². The molecule has 0 radical (unpaired) electrons. The van der Waals surface area contributed by atoms with E-state index in [1.54, 1.807) is 0 Å². The predicted octanol–water partition coefficient (Wildman–Crippen LogP) is 3.21. The van der Waals surface area contributed by atoms with E-state index in [1.807, 2.05) is 0 Å². The molecule has 19 heavy (non-hydrogen) atoms. The fourth-order valence-corrected chi connectivity index (χ4v) is 2.84. The molecule has 0 bridgehead atoms. The van der Waals surface area contributed by atoms with E-state index in [0.29, 0.717) is 0 Å². The molecule has 2 rings (SSSR count). The predicted molar refractivity (Wildman–Crippen MR) is 82.4 cm³/mol. The Morgan fingerprint density at radius 1 is 1.00 bits per heavy atom. The number of likely N-dealkylation sites (tertiary alicyclic amines) is 1. The number of hydrogen-bond acceptors (Lipinski definition) is 2. The van der Waals surface area contributed by atoms with Gasteiger partial charge in [0.1, 0.15) is 0 Å². The van der Waals surface area contributed by atoms with Crippen molar-refractivity contribution in [2.24, 2.45) is 0 Å². The zero-order chi connectivity index (χ0) is 13.3. The van der Waals surface area contributed by atoms with Crippen LogP contribution in [0.2, 0.25) is 0 Å². The lowest BCUT2D eigenvalue weighted by Crippen LogP contribution is -2.29. The van der Waals surface area contributed by atoms with Crippen molar-refractivity contribution < 1.29 is 0 Å². The molecule has 1 N–H and O–H groups in total. The van der Waals surface area contributed by atoms with Crippen LogP contribution in [0.1, 0.15) is 43.7 Å². The van der Waals surface area contributed by atoms with Crippen molar-refractivity contribution in [3.63, 3.8) is 0 Å². The largest absolute Gasteiger partial charge is 0.316 e. The fourth-order valence-electron chi connectivity index (χ4n) is 2.84. The Morgan fingerprint density at radius 2 is 1.74 bits per heavy atom. The highest BCUT2D eigenvalue weighted by atomic mass is 15.1. The fraction of sp³-hybridized carbons (Fsp3) is 0.647. The van der Waals surface area contributed by atoms with Gasteiger partial charge < -0.3 is 5.32 Å². The summed E-state index contributed by atoms with van der Waals surface area (Å²) in [6.07, 6.45) is 6.54. The Bertz CT molecular complexity index is 356. The summed E-state index contributed by atoms with van der Waals surface area (Å²) in [7, 11) is 0. The van der Waals surface area contributed by atoms with Crippen LogP contribution >= 0.6 is 0 Å². The molecule has 2 heteroatoms. The third-order valence-electron chi connectivity index (χ3n) is 3.96. The number of piperidine rings is 1. The van der Waals surface area contributed by atoms with Gasteiger partial charge in [-0.3, -0.25) is 4.90 Å². The normalized spacial score (nSPS) is 16.7. The van der Waals surface area contributed by atoms with Crippen molar-refractivity contribution >= 4 is 0 Å². The summed E-state index contributed by atoms with van der Waals surface area (Å²) in [5, 5.41) is 3.50. The van der Waals surface area contributed by atoms with Crippen molar-refractivity contribution in [1.29, 1.82) is 0 Å². The molecular weight excluding hydrogens is 232 g/mol. The van der Waals surface area contributed by atoms with E-state index in [-0.39, 0.29) is 0 Å². The number of hydrogen-bond donors (Lipinski definition) is 1. The Morgan fingerprint density at radius 3 is 2.47 bits per heavy atom. The Labute approximate surface area is 118 Å². The molecule has 0 saturated carbocycles. The maximum atomic E-state index is 3.50. The molecule has 1 aromatic carbocycles. The number of nitrogens with zero attached hydrogens (tertiary/aromatic N) is 1. The van der Waals surface area contributed by atoms with Crippen LogP contribution in [0.15, 0.2) is 24.3 Å². The van der Waals surface area contributed by atoms with Gasteiger partial charge in [-0.2, -0.15) is 0 Å². The number of nitrogens with one attached hydrogen (secondary N) is 1. The van der Waals surface area contributed by atoms with Gasteiger partial charge in [-0.15, -0.1) is 0 Å². The van der Waals surface area contributed by atoms with Gasteiger partial charge in [-0.05, 0) is 63.0 Å². The number of rotatable bonds is 7. The van der Waals surface area contributed by atoms with Crippen molar-refractivity contribution in [2.75, 3.05) is 26.2 Å². The Balaban J connectivity index is 1.87. The highest BCUT2D eigenvalue weighted by Crippen LogP contribution is 2.16. The quantitative estimate of drug-likeness (QED) is 0.757. The molecule has 0 atom stereocenters. The van der Waals surface area contributed by atoms with Crippen LogP contribution in [0, 0.1) is 0 Å². The summed E-state index contributed by atoms with van der Waals surface area (Å²) in [5.41, 5.74) is 3.05. The third-order valence-corrected chi connectivity index (χ3v) is 3.96. The second-order valence-electron chi connectivity index (χ2n) is 5.61. The van der Waals surface area contributed by atoms with Gasteiger partial charge in [-0.25, -0.2) is 0 Å². The van der Waals surface area contributed by atoms with Crippen molar-refractivity contribution in [3.05, 3.63) is 35.4 Å². The lowest BCUT2D eigenvalue weighted by Gasteiger charge is -2.27. The van der Waals surface area contributed by atoms with Crippen molar-refractivity contribution in [3.8, 4) is 0 Å². The standard InChI is InChI=1S/C17H28N2/c1-2-11-18-12-10-16-8-4-5-9-17(16)15-19-13-6-3-7-14-19/h4-5,8-9,18H,2-3,6-7,10-15H2,1H3. The molecule has 1 aliphatic heterocycles. The van der Waals surface area contributed by atoms with E-state index in [9.17, 15) is 0 Å². The van der Waals surface area contributed by atoms with Crippen LogP contribution in [-0.2, 0) is 13.0 Å². The lowest BCUT2D eigenvalue weighted by atomic mass is 10.0. The summed E-state index contributed by atoms with van der Waals surface area (Å²) >= 11 is 0. The monoisotopic (exact) mass is 260 g/mol. The average Bonchev–Trinajstić information content (AvgIpc) is 2.46. The average molecular weight is 260 g/mol. The van der Waals surface area contributed by atoms with Gasteiger partial charge in [-0.1, -0.05) is 37.6 Å². The maximum absolute atomic E-state index is 3.50. The molecule has 0 aromatic heterocycles. The van der Waals surface area contributed by atoms with Crippen LogP contribution in [-0.4, -0.2) is 31.1 Å². The van der Waals surface area contributed by atoms with E-state index >= 15 is 0 Å². The molecule has 0 amide bonds. The molecule has 0 spiro atoms. The van der Waals surface area contributed by atoms with E-state index in [4.69, 9.17) is 0 Å². The summed E-state index contributed by atoms with van der Waals surface area (Å²) in [6.45, 7) is 8.16. The van der Waals surface area contributed by atoms with Crippen molar-refractivity contribution in [2.45, 2.75) is 45.6 Å². The first-order valence-electron chi connectivity index (χ1n) is 7.90. The first-order chi connectivity index (χ1) is 9.40. The summed E-state index contributed by atoms with van der Waals surface area (Å²) in [4.78, 5) is 2.61. The zero-order valence-corrected chi connectivity index (χ0v) is 12.3. The summed E-state index contributed by atoms with van der Waals surface area (Å²) in [5.74, 6) is 0. The topological polar surface area (TPSA) is 15.3 Å².